The van der Waals surface area contributed by atoms with Crippen molar-refractivity contribution in [3.63, 3.8) is 0 Å². The third-order valence-electron chi connectivity index (χ3n) is 15.4. The first kappa shape index (κ1) is 41.0. The predicted molar refractivity (Wildman–Crippen MR) is 291 cm³/mol. The Morgan fingerprint density at radius 2 is 0.732 bits per heavy atom. The minimum atomic E-state index is -0.458. The second-order valence-electron chi connectivity index (χ2n) is 19.5. The molecule has 334 valence electrons. The zero-order chi connectivity index (χ0) is 47.3. The Labute approximate surface area is 413 Å². The van der Waals surface area contributed by atoms with Gasteiger partial charge in [-0.1, -0.05) is 232 Å². The van der Waals surface area contributed by atoms with Gasteiger partial charge in [-0.05, 0) is 91.0 Å². The fraction of sp³-hybridized carbons (Fsp3) is 0.0597. The van der Waals surface area contributed by atoms with Crippen LogP contribution in [0, 0.1) is 0 Å². The van der Waals surface area contributed by atoms with E-state index in [9.17, 15) is 0 Å². The number of hydrogen-bond donors (Lipinski definition) is 0. The average Bonchev–Trinajstić information content (AvgIpc) is 3.95. The normalized spacial score (nSPS) is 13.7. The average molecular weight is 907 g/mol. The lowest BCUT2D eigenvalue weighted by molar-refractivity contribution is 0.563. The Morgan fingerprint density at radius 1 is 0.310 bits per heavy atom. The van der Waals surface area contributed by atoms with Crippen molar-refractivity contribution in [2.75, 3.05) is 0 Å². The molecule has 14 rings (SSSR count). The molecular weight excluding hydrogens is 861 g/mol. The van der Waals surface area contributed by atoms with Crippen LogP contribution in [0.4, 0.5) is 0 Å². The number of rotatable bonds is 6. The van der Waals surface area contributed by atoms with Crippen molar-refractivity contribution in [3.05, 3.63) is 276 Å². The van der Waals surface area contributed by atoms with E-state index >= 15 is 0 Å². The third kappa shape index (κ3) is 6.14. The maximum absolute atomic E-state index is 5.28. The SMILES string of the molecule is CC1(C)c2ccccc2C2(c3ccccc3-c3c(-c4ccc(-c5nc(-c6ccc(-c7ccccc7)cc6)nc(-c6cccc(-n7c8ccccc8c8ccccc87)c6)n5)cc4)cccc32)c2ccccc21. The topological polar surface area (TPSA) is 43.6 Å². The first-order chi connectivity index (χ1) is 35.0. The molecule has 0 aliphatic heterocycles. The van der Waals surface area contributed by atoms with E-state index in [0.29, 0.717) is 17.5 Å². The Hall–Kier alpha value is -8.99. The van der Waals surface area contributed by atoms with Crippen molar-refractivity contribution < 1.29 is 0 Å². The number of benzene rings is 10. The summed E-state index contributed by atoms with van der Waals surface area (Å²) in [6, 6.07) is 87.9. The van der Waals surface area contributed by atoms with Gasteiger partial charge >= 0.3 is 0 Å². The molecule has 0 bridgehead atoms. The van der Waals surface area contributed by atoms with E-state index in [1.54, 1.807) is 0 Å². The fourth-order valence-electron chi connectivity index (χ4n) is 12.1. The molecule has 0 saturated carbocycles. The lowest BCUT2D eigenvalue weighted by Gasteiger charge is -2.46. The summed E-state index contributed by atoms with van der Waals surface area (Å²) in [6.45, 7) is 4.75. The largest absolute Gasteiger partial charge is 0.309 e. The molecule has 10 aromatic carbocycles. The molecule has 2 aliphatic rings. The van der Waals surface area contributed by atoms with Crippen molar-refractivity contribution in [3.8, 4) is 73.2 Å². The highest BCUT2D eigenvalue weighted by Gasteiger charge is 2.53. The lowest BCUT2D eigenvalue weighted by atomic mass is 9.55. The van der Waals surface area contributed by atoms with Crippen LogP contribution in [0.15, 0.2) is 243 Å². The molecule has 12 aromatic rings. The van der Waals surface area contributed by atoms with Crippen molar-refractivity contribution in [1.82, 2.24) is 19.5 Å². The van der Waals surface area contributed by atoms with E-state index in [-0.39, 0.29) is 5.41 Å². The first-order valence-electron chi connectivity index (χ1n) is 24.5. The molecule has 2 aliphatic carbocycles. The van der Waals surface area contributed by atoms with Gasteiger partial charge in [-0.2, -0.15) is 0 Å². The van der Waals surface area contributed by atoms with Gasteiger partial charge in [0.05, 0.1) is 16.4 Å². The standard InChI is InChI=1S/C67H46N4/c1-66(2)55-27-10-12-29-57(55)67(58-30-13-11-28-56(58)66)54-26-9-6-24-53(54)62-50(25-17-31-59(62)67)45-36-40-47(41-37-45)64-68-63(46-38-34-44(35-39-46)43-18-4-3-5-19-43)69-65(70-64)48-20-16-21-49(42-48)71-60-32-14-7-22-51(60)52-23-8-15-33-61(52)71/h3-42H,1-2H3. The minimum absolute atomic E-state index is 0.154. The van der Waals surface area contributed by atoms with Crippen LogP contribution < -0.4 is 0 Å². The van der Waals surface area contributed by atoms with Gasteiger partial charge in [0.2, 0.25) is 0 Å². The molecule has 2 aromatic heterocycles. The molecule has 71 heavy (non-hydrogen) atoms. The second kappa shape index (κ2) is 15.8. The highest BCUT2D eigenvalue weighted by atomic mass is 15.0. The maximum Gasteiger partial charge on any atom is 0.164 e. The Kier molecular flexibility index (Phi) is 9.12. The number of fused-ring (bicyclic) bond motifs is 12. The van der Waals surface area contributed by atoms with Crippen LogP contribution in [-0.4, -0.2) is 19.5 Å². The summed E-state index contributed by atoms with van der Waals surface area (Å²) in [6.07, 6.45) is 0. The fourth-order valence-corrected chi connectivity index (χ4v) is 12.1. The summed E-state index contributed by atoms with van der Waals surface area (Å²) in [5.74, 6) is 1.85. The van der Waals surface area contributed by atoms with Gasteiger partial charge in [0.15, 0.2) is 17.5 Å². The molecule has 2 heterocycles. The quantitative estimate of drug-likeness (QED) is 0.167. The van der Waals surface area contributed by atoms with Crippen molar-refractivity contribution in [2.45, 2.75) is 24.7 Å². The van der Waals surface area contributed by atoms with Gasteiger partial charge in [-0.3, -0.25) is 0 Å². The number of nitrogens with zero attached hydrogens (tertiary/aromatic N) is 4. The summed E-state index contributed by atoms with van der Waals surface area (Å²) in [5.41, 5.74) is 20.8. The molecular formula is C67H46N4. The summed E-state index contributed by atoms with van der Waals surface area (Å²) < 4.78 is 2.34. The lowest BCUT2D eigenvalue weighted by Crippen LogP contribution is -2.40. The van der Waals surface area contributed by atoms with Crippen LogP contribution in [0.3, 0.4) is 0 Å². The van der Waals surface area contributed by atoms with E-state index in [4.69, 9.17) is 15.0 Å². The molecule has 0 amide bonds. The van der Waals surface area contributed by atoms with Crippen molar-refractivity contribution >= 4 is 21.8 Å². The van der Waals surface area contributed by atoms with Crippen molar-refractivity contribution in [1.29, 1.82) is 0 Å². The Balaban J connectivity index is 0.908. The van der Waals surface area contributed by atoms with E-state index in [2.05, 4.69) is 255 Å². The van der Waals surface area contributed by atoms with Gasteiger partial charge in [-0.25, -0.2) is 15.0 Å². The number of aromatic nitrogens is 4. The summed E-state index contributed by atoms with van der Waals surface area (Å²) >= 11 is 0. The molecule has 4 nitrogen and oxygen atoms in total. The minimum Gasteiger partial charge on any atom is -0.309 e. The van der Waals surface area contributed by atoms with Crippen LogP contribution in [0.5, 0.6) is 0 Å². The van der Waals surface area contributed by atoms with Crippen LogP contribution >= 0.6 is 0 Å². The van der Waals surface area contributed by atoms with Gasteiger partial charge in [0.1, 0.15) is 0 Å². The molecule has 0 fully saturated rings. The summed E-state index contributed by atoms with van der Waals surface area (Å²) in [7, 11) is 0. The van der Waals surface area contributed by atoms with Gasteiger partial charge in [-0.15, -0.1) is 0 Å². The highest BCUT2D eigenvalue weighted by Crippen LogP contribution is 2.63. The number of hydrogen-bond acceptors (Lipinski definition) is 3. The molecule has 0 atom stereocenters. The summed E-state index contributed by atoms with van der Waals surface area (Å²) in [5, 5.41) is 2.44. The molecule has 0 N–H and O–H groups in total. The van der Waals surface area contributed by atoms with Crippen molar-refractivity contribution in [2.24, 2.45) is 0 Å². The summed E-state index contributed by atoms with van der Waals surface area (Å²) in [4.78, 5) is 15.7. The Morgan fingerprint density at radius 3 is 1.35 bits per heavy atom. The highest BCUT2D eigenvalue weighted by molar-refractivity contribution is 6.09. The van der Waals surface area contributed by atoms with Gasteiger partial charge < -0.3 is 4.57 Å². The Bertz CT molecular complexity index is 3970. The second-order valence-corrected chi connectivity index (χ2v) is 19.5. The first-order valence-corrected chi connectivity index (χ1v) is 24.5. The van der Waals surface area contributed by atoms with E-state index in [0.717, 1.165) is 50.1 Å². The van der Waals surface area contributed by atoms with Crippen LogP contribution in [0.2, 0.25) is 0 Å². The monoisotopic (exact) mass is 906 g/mol. The third-order valence-corrected chi connectivity index (χ3v) is 15.4. The maximum atomic E-state index is 5.28. The van der Waals surface area contributed by atoms with Gasteiger partial charge in [0.25, 0.3) is 0 Å². The molecule has 0 radical (unpaired) electrons. The van der Waals surface area contributed by atoms with E-state index in [1.807, 2.05) is 6.07 Å². The zero-order valence-corrected chi connectivity index (χ0v) is 39.4. The van der Waals surface area contributed by atoms with Crippen LogP contribution in [0.25, 0.3) is 95.0 Å². The molecule has 4 heteroatoms. The molecule has 1 spiro atoms. The zero-order valence-electron chi connectivity index (χ0n) is 39.4. The predicted octanol–water partition coefficient (Wildman–Crippen LogP) is 16.3. The van der Waals surface area contributed by atoms with Crippen LogP contribution in [-0.2, 0) is 10.8 Å². The number of para-hydroxylation sites is 2. The molecule has 0 saturated heterocycles. The molecule has 0 unspecified atom stereocenters. The van der Waals surface area contributed by atoms with Crippen LogP contribution in [0.1, 0.15) is 47.2 Å². The van der Waals surface area contributed by atoms with E-state index < -0.39 is 5.41 Å². The smallest absolute Gasteiger partial charge is 0.164 e. The van der Waals surface area contributed by atoms with E-state index in [1.165, 1.54) is 60.8 Å². The van der Waals surface area contributed by atoms with Gasteiger partial charge in [0, 0.05) is 38.6 Å².